The summed E-state index contributed by atoms with van der Waals surface area (Å²) in [6.45, 7) is 10.7. The highest BCUT2D eigenvalue weighted by molar-refractivity contribution is 5.89. The first-order valence-corrected chi connectivity index (χ1v) is 12.9. The number of anilines is 1. The van der Waals surface area contributed by atoms with Gasteiger partial charge in [0.25, 0.3) is 0 Å². The smallest absolute Gasteiger partial charge is 0.151 e. The molecule has 1 aliphatic heterocycles. The van der Waals surface area contributed by atoms with Crippen molar-refractivity contribution < 1.29 is 14.9 Å². The number of nitrogens with zero attached hydrogens (tertiary/aromatic N) is 4. The zero-order valence-electron chi connectivity index (χ0n) is 20.9. The average molecular weight is 475 g/mol. The molecule has 2 aromatic heterocycles. The molecule has 1 saturated heterocycles. The molecular formula is C25H42N6O3. The minimum absolute atomic E-state index is 0.116. The summed E-state index contributed by atoms with van der Waals surface area (Å²) >= 11 is 0. The van der Waals surface area contributed by atoms with Crippen molar-refractivity contribution in [2.75, 3.05) is 58.3 Å². The number of nitrogens with two attached hydrogens (primary N) is 1. The van der Waals surface area contributed by atoms with Gasteiger partial charge in [-0.2, -0.15) is 0 Å². The van der Waals surface area contributed by atoms with Crippen molar-refractivity contribution in [2.45, 2.75) is 59.1 Å². The molecule has 1 aliphatic carbocycles. The zero-order chi connectivity index (χ0) is 24.1. The molecule has 1 atom stereocenters. The monoisotopic (exact) mass is 474 g/mol. The van der Waals surface area contributed by atoms with Crippen molar-refractivity contribution in [2.24, 2.45) is 11.3 Å². The Balaban J connectivity index is 1.57. The third-order valence-electron chi connectivity index (χ3n) is 7.50. The molecule has 0 spiro atoms. The van der Waals surface area contributed by atoms with Crippen LogP contribution < -0.4 is 11.1 Å². The number of hydrogen-bond acceptors (Lipinski definition) is 8. The van der Waals surface area contributed by atoms with Gasteiger partial charge in [0.15, 0.2) is 5.82 Å². The van der Waals surface area contributed by atoms with Crippen LogP contribution in [0.25, 0.3) is 11.0 Å². The Labute approximate surface area is 202 Å². The first kappa shape index (κ1) is 25.3. The highest BCUT2D eigenvalue weighted by atomic mass is 16.5. The van der Waals surface area contributed by atoms with Crippen LogP contribution in [0.5, 0.6) is 0 Å². The summed E-state index contributed by atoms with van der Waals surface area (Å²) in [5.41, 5.74) is 9.78. The van der Waals surface area contributed by atoms with Crippen LogP contribution in [0.15, 0.2) is 0 Å². The number of pyridine rings is 1. The number of nitrogen functional groups attached to an aromatic ring is 1. The largest absolute Gasteiger partial charge is 0.396 e. The van der Waals surface area contributed by atoms with Crippen LogP contribution >= 0.6 is 0 Å². The topological polar surface area (TPSA) is 122 Å². The van der Waals surface area contributed by atoms with Gasteiger partial charge in [0.2, 0.25) is 0 Å². The molecule has 0 aromatic carbocycles. The molecule has 1 fully saturated rings. The number of imidazole rings is 1. The van der Waals surface area contributed by atoms with E-state index in [1.54, 1.807) is 0 Å². The molecule has 190 valence electrons. The lowest BCUT2D eigenvalue weighted by atomic mass is 9.83. The highest BCUT2D eigenvalue weighted by Gasteiger charge is 2.30. The molecule has 2 aliphatic rings. The minimum Gasteiger partial charge on any atom is -0.396 e. The fourth-order valence-corrected chi connectivity index (χ4v) is 5.33. The standard InChI is InChI=1S/C25H42N6O3/c1-3-34-14-21-29-22-23(31(21)15-25(2,16-32)17-33)19-7-6-18(13-20(19)28-24(22)26)5-4-10-30-11-8-27-9-12-30/h18,27,32-33H,3-17H2,1-2H3,(H2,26,28). The van der Waals surface area contributed by atoms with Crippen LogP contribution in [0.4, 0.5) is 5.82 Å². The molecule has 9 nitrogen and oxygen atoms in total. The SMILES string of the molecule is CCOCc1nc2c(N)nc3c(c2n1CC(C)(CO)CO)CCC(CCCN1CCNCC1)C3. The Morgan fingerprint density at radius 3 is 2.68 bits per heavy atom. The summed E-state index contributed by atoms with van der Waals surface area (Å²) in [5, 5.41) is 23.3. The Bertz CT molecular complexity index is 952. The number of aliphatic hydroxyl groups excluding tert-OH is 2. The van der Waals surface area contributed by atoms with Crippen molar-refractivity contribution in [1.29, 1.82) is 0 Å². The van der Waals surface area contributed by atoms with Crippen LogP contribution in [-0.4, -0.2) is 82.2 Å². The van der Waals surface area contributed by atoms with Gasteiger partial charge < -0.3 is 35.5 Å². The van der Waals surface area contributed by atoms with E-state index in [0.717, 1.165) is 62.5 Å². The Hall–Kier alpha value is -1.78. The molecule has 34 heavy (non-hydrogen) atoms. The van der Waals surface area contributed by atoms with Crippen LogP contribution in [0.3, 0.4) is 0 Å². The molecule has 5 N–H and O–H groups in total. The molecule has 0 radical (unpaired) electrons. The number of fused-ring (bicyclic) bond motifs is 3. The summed E-state index contributed by atoms with van der Waals surface area (Å²) in [7, 11) is 0. The lowest BCUT2D eigenvalue weighted by molar-refractivity contribution is 0.0529. The van der Waals surface area contributed by atoms with E-state index in [-0.39, 0.29) is 13.2 Å². The molecule has 2 aromatic rings. The summed E-state index contributed by atoms with van der Waals surface area (Å²) in [4.78, 5) is 12.2. The summed E-state index contributed by atoms with van der Waals surface area (Å²) < 4.78 is 7.80. The minimum atomic E-state index is -0.666. The van der Waals surface area contributed by atoms with E-state index in [2.05, 4.69) is 14.8 Å². The van der Waals surface area contributed by atoms with Crippen molar-refractivity contribution in [3.63, 3.8) is 0 Å². The molecule has 9 heteroatoms. The van der Waals surface area contributed by atoms with E-state index >= 15 is 0 Å². The number of nitrogens with one attached hydrogen (secondary N) is 1. The third kappa shape index (κ3) is 5.54. The normalized spacial score (nSPS) is 19.6. The van der Waals surface area contributed by atoms with Crippen molar-refractivity contribution in [1.82, 2.24) is 24.8 Å². The van der Waals surface area contributed by atoms with E-state index in [9.17, 15) is 10.2 Å². The van der Waals surface area contributed by atoms with E-state index in [1.807, 2.05) is 13.8 Å². The summed E-state index contributed by atoms with van der Waals surface area (Å²) in [6, 6.07) is 0. The van der Waals surface area contributed by atoms with Gasteiger partial charge in [0.1, 0.15) is 17.9 Å². The van der Waals surface area contributed by atoms with Gasteiger partial charge in [0.05, 0.1) is 18.7 Å². The lowest BCUT2D eigenvalue weighted by Gasteiger charge is -2.30. The summed E-state index contributed by atoms with van der Waals surface area (Å²) in [6.07, 6.45) is 5.47. The number of piperazine rings is 1. The molecule has 3 heterocycles. The first-order valence-electron chi connectivity index (χ1n) is 12.9. The van der Waals surface area contributed by atoms with Crippen molar-refractivity contribution >= 4 is 16.9 Å². The molecule has 0 amide bonds. The second-order valence-corrected chi connectivity index (χ2v) is 10.3. The molecule has 0 saturated carbocycles. The van der Waals surface area contributed by atoms with Gasteiger partial charge in [-0.05, 0) is 57.1 Å². The molecule has 0 bridgehead atoms. The number of ether oxygens (including phenoxy) is 1. The summed E-state index contributed by atoms with van der Waals surface area (Å²) in [5.74, 6) is 1.85. The maximum atomic E-state index is 9.96. The van der Waals surface area contributed by atoms with Gasteiger partial charge in [-0.1, -0.05) is 6.92 Å². The van der Waals surface area contributed by atoms with Gasteiger partial charge in [-0.25, -0.2) is 9.97 Å². The third-order valence-corrected chi connectivity index (χ3v) is 7.50. The van der Waals surface area contributed by atoms with Gasteiger partial charge in [-0.15, -0.1) is 0 Å². The van der Waals surface area contributed by atoms with Gasteiger partial charge in [-0.3, -0.25) is 0 Å². The molecule has 4 rings (SSSR count). The Morgan fingerprint density at radius 1 is 1.21 bits per heavy atom. The van der Waals surface area contributed by atoms with E-state index < -0.39 is 5.41 Å². The van der Waals surface area contributed by atoms with Gasteiger partial charge >= 0.3 is 0 Å². The maximum Gasteiger partial charge on any atom is 0.151 e. The van der Waals surface area contributed by atoms with Crippen LogP contribution in [-0.2, 0) is 30.7 Å². The number of aryl methyl sites for hydroxylation is 1. The fourth-order valence-electron chi connectivity index (χ4n) is 5.33. The van der Waals surface area contributed by atoms with Crippen LogP contribution in [0, 0.1) is 11.3 Å². The predicted octanol–water partition coefficient (Wildman–Crippen LogP) is 1.33. The number of hydrogen-bond donors (Lipinski definition) is 4. The fraction of sp³-hybridized carbons (Fsp3) is 0.760. The number of aliphatic hydroxyl groups is 2. The van der Waals surface area contributed by atoms with Crippen LogP contribution in [0.1, 0.15) is 50.2 Å². The number of rotatable bonds is 11. The zero-order valence-corrected chi connectivity index (χ0v) is 20.9. The quantitative estimate of drug-likeness (QED) is 0.385. The van der Waals surface area contributed by atoms with Gasteiger partial charge in [0, 0.05) is 50.4 Å². The number of aromatic nitrogens is 3. The Kier molecular flexibility index (Phi) is 8.42. The van der Waals surface area contributed by atoms with Crippen LogP contribution in [0.2, 0.25) is 0 Å². The second kappa shape index (κ2) is 11.3. The first-order chi connectivity index (χ1) is 16.5. The molecular weight excluding hydrogens is 432 g/mol. The lowest BCUT2D eigenvalue weighted by Crippen LogP contribution is -2.43. The molecule has 1 unspecified atom stereocenters. The highest BCUT2D eigenvalue weighted by Crippen LogP contribution is 2.36. The van der Waals surface area contributed by atoms with Crippen molar-refractivity contribution in [3.8, 4) is 0 Å². The second-order valence-electron chi connectivity index (χ2n) is 10.3. The van der Waals surface area contributed by atoms with E-state index in [0.29, 0.717) is 37.0 Å². The van der Waals surface area contributed by atoms with E-state index in [1.165, 1.54) is 24.9 Å². The predicted molar refractivity (Wildman–Crippen MR) is 134 cm³/mol. The Morgan fingerprint density at radius 2 is 1.97 bits per heavy atom. The van der Waals surface area contributed by atoms with Crippen molar-refractivity contribution in [3.05, 3.63) is 17.1 Å². The average Bonchev–Trinajstić information content (AvgIpc) is 3.21. The maximum absolute atomic E-state index is 9.96. The van der Waals surface area contributed by atoms with E-state index in [4.69, 9.17) is 20.4 Å².